The summed E-state index contributed by atoms with van der Waals surface area (Å²) >= 11 is 0. The van der Waals surface area contributed by atoms with Crippen molar-refractivity contribution in [3.05, 3.63) is 71.9 Å². The van der Waals surface area contributed by atoms with Crippen LogP contribution in [0.5, 0.6) is 5.75 Å². The molecule has 3 amide bonds. The molecule has 0 aliphatic carbocycles. The van der Waals surface area contributed by atoms with E-state index in [-0.39, 0.29) is 49.5 Å². The maximum atomic E-state index is 14.0. The van der Waals surface area contributed by atoms with Crippen molar-refractivity contribution in [1.29, 1.82) is 0 Å². The molecule has 2 fully saturated rings. The highest BCUT2D eigenvalue weighted by atomic mass is 31.2. The Balaban J connectivity index is 1.49. The number of benzene rings is 2. The normalized spacial score (nSPS) is 20.4. The Bertz CT molecular complexity index is 1470. The lowest BCUT2D eigenvalue weighted by molar-refractivity contribution is -0.201. The molecular formula is C26H28N5O7P. The van der Waals surface area contributed by atoms with E-state index in [1.165, 1.54) is 29.0 Å². The smallest absolute Gasteiger partial charge is 0.404 e. The number of para-hydroxylation sites is 1. The monoisotopic (exact) mass is 553 g/mol. The van der Waals surface area contributed by atoms with Crippen LogP contribution in [-0.4, -0.2) is 84.7 Å². The zero-order valence-electron chi connectivity index (χ0n) is 21.4. The van der Waals surface area contributed by atoms with E-state index in [2.05, 4.69) is 9.51 Å². The van der Waals surface area contributed by atoms with Crippen LogP contribution in [0, 0.1) is 0 Å². The Labute approximate surface area is 224 Å². The molecule has 204 valence electrons. The van der Waals surface area contributed by atoms with Gasteiger partial charge in [0.1, 0.15) is 18.0 Å². The molecule has 1 aromatic heterocycles. The minimum atomic E-state index is -4.72. The summed E-state index contributed by atoms with van der Waals surface area (Å²) in [6.07, 6.45) is 1.13. The zero-order chi connectivity index (χ0) is 27.9. The Morgan fingerprint density at radius 3 is 2.51 bits per heavy atom. The van der Waals surface area contributed by atoms with Crippen molar-refractivity contribution in [3.63, 3.8) is 0 Å². The van der Waals surface area contributed by atoms with Gasteiger partial charge in [0.25, 0.3) is 0 Å². The summed E-state index contributed by atoms with van der Waals surface area (Å²) < 4.78 is 15.8. The number of rotatable bonds is 6. The molecule has 0 spiro atoms. The standard InChI is InChI=1S/C26H28N5O7P/c1-17(32)31-23-15-29(14-20-6-3-5-19-7-4-12-27-25(19)20)26(34)22(30(23)24(33)16-28(31)2)13-18-8-10-21(11-9-18)38-39(35,36)37/h3-12,22-23H,13-16H2,1-2H3,(H2,35,36,37)/t22-,23-/m0/s1. The van der Waals surface area contributed by atoms with Crippen LogP contribution in [0.25, 0.3) is 10.9 Å². The van der Waals surface area contributed by atoms with Gasteiger partial charge in [-0.1, -0.05) is 36.4 Å². The number of aromatic nitrogens is 1. The number of pyridine rings is 1. The summed E-state index contributed by atoms with van der Waals surface area (Å²) in [6, 6.07) is 14.6. The van der Waals surface area contributed by atoms with Gasteiger partial charge in [-0.25, -0.2) is 9.57 Å². The molecule has 39 heavy (non-hydrogen) atoms. The SMILES string of the molecule is CC(=O)N1[C@H]2CN(Cc3cccc4cccnc34)C(=O)[C@H](Cc3ccc(OP(=O)(O)O)cc3)N2C(=O)CN1C. The fourth-order valence-corrected chi connectivity index (χ4v) is 5.75. The molecule has 2 saturated heterocycles. The average Bonchev–Trinajstić information content (AvgIpc) is 2.86. The number of amides is 3. The summed E-state index contributed by atoms with van der Waals surface area (Å²) in [5.74, 6) is -0.815. The van der Waals surface area contributed by atoms with E-state index in [0.717, 1.165) is 16.5 Å². The van der Waals surface area contributed by atoms with E-state index in [0.29, 0.717) is 5.56 Å². The number of carbonyl (C=O) groups is 3. The number of phosphoric ester groups is 1. The lowest BCUT2D eigenvalue weighted by atomic mass is 9.98. The van der Waals surface area contributed by atoms with E-state index in [1.807, 2.05) is 30.3 Å². The zero-order valence-corrected chi connectivity index (χ0v) is 22.3. The molecule has 13 heteroatoms. The predicted molar refractivity (Wildman–Crippen MR) is 140 cm³/mol. The van der Waals surface area contributed by atoms with E-state index in [9.17, 15) is 18.9 Å². The number of hydrazine groups is 1. The Hall–Kier alpha value is -3.83. The van der Waals surface area contributed by atoms with Gasteiger partial charge in [0, 0.05) is 38.5 Å². The molecule has 0 bridgehead atoms. The van der Waals surface area contributed by atoms with Gasteiger partial charge in [0.2, 0.25) is 17.7 Å². The van der Waals surface area contributed by atoms with E-state index in [4.69, 9.17) is 9.79 Å². The summed E-state index contributed by atoms with van der Waals surface area (Å²) in [7, 11) is -3.05. The quantitative estimate of drug-likeness (QED) is 0.434. The van der Waals surface area contributed by atoms with E-state index in [1.54, 1.807) is 35.3 Å². The van der Waals surface area contributed by atoms with Crippen LogP contribution in [0.4, 0.5) is 0 Å². The third-order valence-corrected chi connectivity index (χ3v) is 7.37. The number of likely N-dealkylation sites (N-methyl/N-ethyl adjacent to an activating group) is 1. The Morgan fingerprint density at radius 2 is 1.82 bits per heavy atom. The minimum absolute atomic E-state index is 0.0246. The third kappa shape index (κ3) is 5.50. The van der Waals surface area contributed by atoms with Crippen molar-refractivity contribution < 1.29 is 33.3 Å². The lowest BCUT2D eigenvalue weighted by Gasteiger charge is -2.54. The van der Waals surface area contributed by atoms with Crippen LogP contribution in [0.3, 0.4) is 0 Å². The van der Waals surface area contributed by atoms with Crippen molar-refractivity contribution in [1.82, 2.24) is 24.8 Å². The first-order valence-corrected chi connectivity index (χ1v) is 13.8. The van der Waals surface area contributed by atoms with Gasteiger partial charge in [-0.3, -0.25) is 34.2 Å². The molecular weight excluding hydrogens is 525 g/mol. The molecule has 0 saturated carbocycles. The topological polar surface area (TPSA) is 144 Å². The fourth-order valence-electron chi connectivity index (χ4n) is 5.35. The Morgan fingerprint density at radius 1 is 1.10 bits per heavy atom. The van der Waals surface area contributed by atoms with Gasteiger partial charge in [-0.05, 0) is 29.3 Å². The largest absolute Gasteiger partial charge is 0.524 e. The van der Waals surface area contributed by atoms with Crippen LogP contribution < -0.4 is 4.52 Å². The average molecular weight is 554 g/mol. The maximum absolute atomic E-state index is 14.0. The molecule has 12 nitrogen and oxygen atoms in total. The summed E-state index contributed by atoms with van der Waals surface area (Å²) in [5.41, 5.74) is 2.27. The second kappa shape index (κ2) is 10.4. The molecule has 5 rings (SSSR count). The molecule has 2 atom stereocenters. The number of hydrogen-bond donors (Lipinski definition) is 2. The lowest BCUT2D eigenvalue weighted by Crippen LogP contribution is -2.75. The summed E-state index contributed by atoms with van der Waals surface area (Å²) in [4.78, 5) is 65.6. The summed E-state index contributed by atoms with van der Waals surface area (Å²) in [6.45, 7) is 1.74. The number of hydrogen-bond acceptors (Lipinski definition) is 7. The van der Waals surface area contributed by atoms with Crippen LogP contribution in [0.15, 0.2) is 60.8 Å². The number of fused-ring (bicyclic) bond motifs is 2. The molecule has 2 aliphatic rings. The van der Waals surface area contributed by atoms with Gasteiger partial charge in [0.15, 0.2) is 0 Å². The first kappa shape index (κ1) is 26.8. The maximum Gasteiger partial charge on any atom is 0.524 e. The highest BCUT2D eigenvalue weighted by Crippen LogP contribution is 2.37. The van der Waals surface area contributed by atoms with Crippen molar-refractivity contribution in [3.8, 4) is 5.75 Å². The highest BCUT2D eigenvalue weighted by Gasteiger charge is 2.50. The molecule has 3 aromatic rings. The van der Waals surface area contributed by atoms with Crippen molar-refractivity contribution in [2.45, 2.75) is 32.1 Å². The first-order valence-electron chi connectivity index (χ1n) is 12.3. The molecule has 2 aromatic carbocycles. The molecule has 2 aliphatic heterocycles. The van der Waals surface area contributed by atoms with Crippen LogP contribution in [0.1, 0.15) is 18.1 Å². The van der Waals surface area contributed by atoms with E-state index >= 15 is 0 Å². The van der Waals surface area contributed by atoms with Gasteiger partial charge < -0.3 is 14.3 Å². The van der Waals surface area contributed by atoms with Gasteiger partial charge >= 0.3 is 7.82 Å². The fraction of sp³-hybridized carbons (Fsp3) is 0.308. The number of carbonyl (C=O) groups excluding carboxylic acids is 3. The van der Waals surface area contributed by atoms with Crippen molar-refractivity contribution >= 4 is 36.4 Å². The minimum Gasteiger partial charge on any atom is -0.404 e. The second-order valence-corrected chi connectivity index (χ2v) is 10.8. The van der Waals surface area contributed by atoms with Gasteiger partial charge in [-0.2, -0.15) is 0 Å². The van der Waals surface area contributed by atoms with Crippen LogP contribution >= 0.6 is 7.82 Å². The molecule has 2 N–H and O–H groups in total. The Kier molecular flexibility index (Phi) is 7.13. The molecule has 3 heterocycles. The summed E-state index contributed by atoms with van der Waals surface area (Å²) in [5, 5.41) is 4.02. The number of nitrogens with zero attached hydrogens (tertiary/aromatic N) is 5. The van der Waals surface area contributed by atoms with E-state index < -0.39 is 20.0 Å². The molecule has 0 unspecified atom stereocenters. The van der Waals surface area contributed by atoms with Crippen molar-refractivity contribution in [2.24, 2.45) is 0 Å². The highest BCUT2D eigenvalue weighted by molar-refractivity contribution is 7.46. The van der Waals surface area contributed by atoms with Gasteiger partial charge in [-0.15, -0.1) is 0 Å². The number of phosphoric acid groups is 1. The number of piperazine rings is 1. The van der Waals surface area contributed by atoms with Crippen LogP contribution in [-0.2, 0) is 31.9 Å². The first-order chi connectivity index (χ1) is 18.5. The third-order valence-electron chi connectivity index (χ3n) is 6.92. The van der Waals surface area contributed by atoms with Gasteiger partial charge in [0.05, 0.1) is 18.6 Å². The predicted octanol–water partition coefficient (Wildman–Crippen LogP) is 1.52. The molecule has 0 radical (unpaired) electrons. The van der Waals surface area contributed by atoms with Crippen LogP contribution in [0.2, 0.25) is 0 Å². The second-order valence-electron chi connectivity index (χ2n) is 9.62. The van der Waals surface area contributed by atoms with Crippen molar-refractivity contribution in [2.75, 3.05) is 20.1 Å².